The summed E-state index contributed by atoms with van der Waals surface area (Å²) in [6, 6.07) is 2.93. The average Bonchev–Trinajstić information content (AvgIpc) is 2.54. The van der Waals surface area contributed by atoms with E-state index in [0.717, 1.165) is 31.7 Å². The maximum atomic E-state index is 13.7. The molecule has 2 atom stereocenters. The molecule has 0 bridgehead atoms. The van der Waals surface area contributed by atoms with Gasteiger partial charge in [-0.1, -0.05) is 30.9 Å². The van der Waals surface area contributed by atoms with Gasteiger partial charge in [-0.25, -0.2) is 17.5 Å². The lowest BCUT2D eigenvalue weighted by atomic mass is 10.1. The van der Waals surface area contributed by atoms with Crippen molar-refractivity contribution < 1.29 is 12.8 Å². The van der Waals surface area contributed by atoms with E-state index in [1.165, 1.54) is 12.1 Å². The summed E-state index contributed by atoms with van der Waals surface area (Å²) in [5.41, 5.74) is 5.98. The van der Waals surface area contributed by atoms with Gasteiger partial charge in [0.1, 0.15) is 10.7 Å². The third-order valence-electron chi connectivity index (χ3n) is 3.56. The number of hydrogen-bond donors (Lipinski definition) is 2. The van der Waals surface area contributed by atoms with Crippen molar-refractivity contribution in [3.63, 3.8) is 0 Å². The molecule has 0 spiro atoms. The zero-order valence-corrected chi connectivity index (χ0v) is 12.6. The van der Waals surface area contributed by atoms with Crippen molar-refractivity contribution in [1.29, 1.82) is 0 Å². The summed E-state index contributed by atoms with van der Waals surface area (Å²) in [7, 11) is -3.92. The van der Waals surface area contributed by atoms with E-state index in [1.807, 2.05) is 0 Å². The molecule has 0 heterocycles. The van der Waals surface area contributed by atoms with E-state index in [1.54, 1.807) is 0 Å². The Bertz CT molecular complexity index is 580. The SMILES string of the molecule is NC1CCCCCC1NS(=O)(=O)c1ccc(Cl)cc1F. The predicted molar refractivity (Wildman–Crippen MR) is 76.6 cm³/mol. The van der Waals surface area contributed by atoms with E-state index in [0.29, 0.717) is 6.42 Å². The van der Waals surface area contributed by atoms with E-state index in [-0.39, 0.29) is 17.1 Å². The van der Waals surface area contributed by atoms with Crippen LogP contribution in [-0.4, -0.2) is 20.5 Å². The molecule has 20 heavy (non-hydrogen) atoms. The van der Waals surface area contributed by atoms with E-state index in [9.17, 15) is 12.8 Å². The van der Waals surface area contributed by atoms with Crippen molar-refractivity contribution in [2.24, 2.45) is 5.73 Å². The number of sulfonamides is 1. The minimum Gasteiger partial charge on any atom is -0.326 e. The Morgan fingerprint density at radius 2 is 1.95 bits per heavy atom. The van der Waals surface area contributed by atoms with Gasteiger partial charge in [-0.15, -0.1) is 0 Å². The van der Waals surface area contributed by atoms with Crippen LogP contribution < -0.4 is 10.5 Å². The van der Waals surface area contributed by atoms with Gasteiger partial charge in [0.15, 0.2) is 0 Å². The van der Waals surface area contributed by atoms with Gasteiger partial charge in [0, 0.05) is 17.1 Å². The van der Waals surface area contributed by atoms with Crippen LogP contribution in [0.25, 0.3) is 0 Å². The summed E-state index contributed by atoms with van der Waals surface area (Å²) in [6.07, 6.45) is 4.41. The molecule has 0 radical (unpaired) electrons. The van der Waals surface area contributed by atoms with E-state index in [4.69, 9.17) is 17.3 Å². The minimum atomic E-state index is -3.92. The highest BCUT2D eigenvalue weighted by molar-refractivity contribution is 7.89. The maximum Gasteiger partial charge on any atom is 0.243 e. The first-order valence-electron chi connectivity index (χ1n) is 6.63. The molecule has 1 aliphatic carbocycles. The smallest absolute Gasteiger partial charge is 0.243 e. The molecule has 1 aromatic rings. The van der Waals surface area contributed by atoms with Gasteiger partial charge >= 0.3 is 0 Å². The van der Waals surface area contributed by atoms with Gasteiger partial charge < -0.3 is 5.73 Å². The highest BCUT2D eigenvalue weighted by atomic mass is 35.5. The van der Waals surface area contributed by atoms with Gasteiger partial charge in [0.25, 0.3) is 0 Å². The largest absolute Gasteiger partial charge is 0.326 e. The van der Waals surface area contributed by atoms with E-state index in [2.05, 4.69) is 4.72 Å². The second-order valence-electron chi connectivity index (χ2n) is 5.10. The molecule has 1 saturated carbocycles. The Morgan fingerprint density at radius 1 is 1.25 bits per heavy atom. The van der Waals surface area contributed by atoms with Crippen LogP contribution in [-0.2, 0) is 10.0 Å². The number of rotatable bonds is 3. The van der Waals surface area contributed by atoms with Crippen LogP contribution in [0.4, 0.5) is 4.39 Å². The first-order chi connectivity index (χ1) is 9.40. The van der Waals surface area contributed by atoms with Crippen molar-refractivity contribution in [2.75, 3.05) is 0 Å². The second-order valence-corrected chi connectivity index (χ2v) is 7.22. The Labute approximate surface area is 123 Å². The molecule has 0 aliphatic heterocycles. The van der Waals surface area contributed by atoms with Crippen LogP contribution in [0.1, 0.15) is 32.1 Å². The molecule has 0 aromatic heterocycles. The first kappa shape index (κ1) is 15.7. The Hall–Kier alpha value is -0.690. The van der Waals surface area contributed by atoms with Gasteiger partial charge in [0.05, 0.1) is 0 Å². The topological polar surface area (TPSA) is 72.2 Å². The van der Waals surface area contributed by atoms with E-state index < -0.39 is 20.7 Å². The Morgan fingerprint density at radius 3 is 2.65 bits per heavy atom. The molecule has 112 valence electrons. The quantitative estimate of drug-likeness (QED) is 0.840. The molecule has 4 nitrogen and oxygen atoms in total. The number of nitrogens with two attached hydrogens (primary N) is 1. The summed E-state index contributed by atoms with van der Waals surface area (Å²) in [4.78, 5) is -0.390. The van der Waals surface area contributed by atoms with Crippen molar-refractivity contribution in [2.45, 2.75) is 49.1 Å². The zero-order valence-electron chi connectivity index (χ0n) is 11.0. The molecule has 1 aliphatic rings. The maximum absolute atomic E-state index is 13.7. The number of nitrogens with one attached hydrogen (secondary N) is 1. The van der Waals surface area contributed by atoms with Crippen LogP contribution in [0.15, 0.2) is 23.1 Å². The highest BCUT2D eigenvalue weighted by Crippen LogP contribution is 2.22. The van der Waals surface area contributed by atoms with Crippen molar-refractivity contribution in [3.05, 3.63) is 29.0 Å². The van der Waals surface area contributed by atoms with Gasteiger partial charge in [0.2, 0.25) is 10.0 Å². The van der Waals surface area contributed by atoms with Crippen LogP contribution in [0.2, 0.25) is 5.02 Å². The van der Waals surface area contributed by atoms with Crippen LogP contribution >= 0.6 is 11.6 Å². The fraction of sp³-hybridized carbons (Fsp3) is 0.538. The Balaban J connectivity index is 2.21. The molecule has 2 unspecified atom stereocenters. The fourth-order valence-corrected chi connectivity index (χ4v) is 3.98. The standard InChI is InChI=1S/C13H18ClFN2O2S/c14-9-6-7-13(10(15)8-9)20(18,19)17-12-5-3-1-2-4-11(12)16/h6-8,11-12,17H,1-5,16H2. The van der Waals surface area contributed by atoms with Crippen LogP contribution in [0.3, 0.4) is 0 Å². The van der Waals surface area contributed by atoms with Gasteiger partial charge in [-0.05, 0) is 31.0 Å². The van der Waals surface area contributed by atoms with E-state index >= 15 is 0 Å². The zero-order chi connectivity index (χ0) is 14.8. The number of halogens is 2. The van der Waals surface area contributed by atoms with Crippen LogP contribution in [0, 0.1) is 5.82 Å². The minimum absolute atomic E-state index is 0.160. The average molecular weight is 321 g/mol. The molecule has 2 rings (SSSR count). The molecule has 3 N–H and O–H groups in total. The molecule has 1 aromatic carbocycles. The predicted octanol–water partition coefficient (Wildman–Crippen LogP) is 2.42. The lowest BCUT2D eigenvalue weighted by Crippen LogP contribution is -2.46. The fourth-order valence-electron chi connectivity index (χ4n) is 2.44. The summed E-state index contributed by atoms with van der Waals surface area (Å²) in [5, 5.41) is 0.160. The summed E-state index contributed by atoms with van der Waals surface area (Å²) >= 11 is 5.63. The third-order valence-corrected chi connectivity index (χ3v) is 5.32. The molecular formula is C13H18ClFN2O2S. The number of benzene rings is 1. The van der Waals surface area contributed by atoms with Gasteiger partial charge in [-0.3, -0.25) is 0 Å². The molecule has 0 amide bonds. The summed E-state index contributed by atoms with van der Waals surface area (Å²) in [5.74, 6) is -0.854. The normalized spacial score (nSPS) is 24.4. The lowest BCUT2D eigenvalue weighted by molar-refractivity contribution is 0.454. The summed E-state index contributed by atoms with van der Waals surface area (Å²) in [6.45, 7) is 0. The lowest BCUT2D eigenvalue weighted by Gasteiger charge is -2.22. The first-order valence-corrected chi connectivity index (χ1v) is 8.49. The number of hydrogen-bond acceptors (Lipinski definition) is 3. The second kappa shape index (κ2) is 6.39. The van der Waals surface area contributed by atoms with Crippen molar-refractivity contribution >= 4 is 21.6 Å². The summed E-state index contributed by atoms with van der Waals surface area (Å²) < 4.78 is 40.7. The highest BCUT2D eigenvalue weighted by Gasteiger charge is 2.27. The third kappa shape index (κ3) is 3.69. The van der Waals surface area contributed by atoms with Crippen LogP contribution in [0.5, 0.6) is 0 Å². The molecule has 0 saturated heterocycles. The molecule has 1 fully saturated rings. The van der Waals surface area contributed by atoms with Crippen molar-refractivity contribution in [1.82, 2.24) is 4.72 Å². The van der Waals surface area contributed by atoms with Gasteiger partial charge in [-0.2, -0.15) is 0 Å². The monoisotopic (exact) mass is 320 g/mol. The Kier molecular flexibility index (Phi) is 5.01. The molecular weight excluding hydrogens is 303 g/mol. The van der Waals surface area contributed by atoms with Crippen molar-refractivity contribution in [3.8, 4) is 0 Å². The molecule has 7 heteroatoms.